The Hall–Kier alpha value is -3.03. The van der Waals surface area contributed by atoms with Gasteiger partial charge in [-0.15, -0.1) is 0 Å². The van der Waals surface area contributed by atoms with E-state index in [1.807, 2.05) is 38.1 Å². The van der Waals surface area contributed by atoms with E-state index in [-0.39, 0.29) is 11.8 Å². The summed E-state index contributed by atoms with van der Waals surface area (Å²) in [6.07, 6.45) is -4.00. The second-order valence-corrected chi connectivity index (χ2v) is 8.31. The summed E-state index contributed by atoms with van der Waals surface area (Å²) in [6.45, 7) is 4.65. The smallest absolute Gasteiger partial charge is 0.356 e. The van der Waals surface area contributed by atoms with Crippen molar-refractivity contribution >= 4 is 17.6 Å². The van der Waals surface area contributed by atoms with Gasteiger partial charge < -0.3 is 16.0 Å². The number of carbonyl (C=O) groups is 1. The van der Waals surface area contributed by atoms with Gasteiger partial charge in [0.05, 0.1) is 5.56 Å². The third kappa shape index (κ3) is 5.57. The van der Waals surface area contributed by atoms with Crippen LogP contribution in [0.4, 0.5) is 18.9 Å². The third-order valence-electron chi connectivity index (χ3n) is 5.52. The first-order valence-electron chi connectivity index (χ1n) is 10.1. The maximum Gasteiger partial charge on any atom is 0.416 e. The van der Waals surface area contributed by atoms with Crippen LogP contribution in [0, 0.1) is 0 Å². The number of hydrogen-bond acceptors (Lipinski definition) is 2. The molecule has 5 nitrogen and oxygen atoms in total. The van der Waals surface area contributed by atoms with Crippen LogP contribution in [0.1, 0.15) is 42.9 Å². The Morgan fingerprint density at radius 1 is 1.10 bits per heavy atom. The maximum atomic E-state index is 13.1. The topological polar surface area (TPSA) is 65.5 Å². The Morgan fingerprint density at radius 2 is 1.81 bits per heavy atom. The molecule has 0 fully saturated rings. The van der Waals surface area contributed by atoms with E-state index in [2.05, 4.69) is 20.9 Å². The number of fused-ring (bicyclic) bond motifs is 1. The molecule has 8 heteroatoms. The lowest BCUT2D eigenvalue weighted by Gasteiger charge is -2.29. The Bertz CT molecular complexity index is 969. The minimum absolute atomic E-state index is 0.0000210. The van der Waals surface area contributed by atoms with E-state index in [9.17, 15) is 18.0 Å². The molecule has 0 aliphatic carbocycles. The number of anilines is 1. The Morgan fingerprint density at radius 3 is 2.52 bits per heavy atom. The average Bonchev–Trinajstić information content (AvgIpc) is 2.73. The van der Waals surface area contributed by atoms with Crippen LogP contribution in [0.3, 0.4) is 0 Å². The highest BCUT2D eigenvalue weighted by molar-refractivity contribution is 5.94. The van der Waals surface area contributed by atoms with E-state index in [0.717, 1.165) is 17.3 Å². The predicted octanol–water partition coefficient (Wildman–Crippen LogP) is 4.27. The summed E-state index contributed by atoms with van der Waals surface area (Å²) in [5.41, 5.74) is 1.25. The minimum Gasteiger partial charge on any atom is -0.356 e. The van der Waals surface area contributed by atoms with E-state index >= 15 is 0 Å². The monoisotopic (exact) mass is 432 g/mol. The number of carbonyl (C=O) groups excluding carboxylic acids is 1. The van der Waals surface area contributed by atoms with Crippen LogP contribution in [-0.4, -0.2) is 32.0 Å². The fourth-order valence-electron chi connectivity index (χ4n) is 3.65. The summed E-state index contributed by atoms with van der Waals surface area (Å²) >= 11 is 0. The van der Waals surface area contributed by atoms with Crippen molar-refractivity contribution in [2.24, 2.45) is 4.99 Å². The maximum absolute atomic E-state index is 13.1. The minimum atomic E-state index is -4.38. The Labute approximate surface area is 180 Å². The lowest BCUT2D eigenvalue weighted by molar-refractivity contribution is -0.137. The van der Waals surface area contributed by atoms with E-state index in [0.29, 0.717) is 31.0 Å². The van der Waals surface area contributed by atoms with Crippen LogP contribution in [0.25, 0.3) is 0 Å². The zero-order valence-electron chi connectivity index (χ0n) is 17.8. The van der Waals surface area contributed by atoms with Gasteiger partial charge in [0.1, 0.15) is 0 Å². The molecule has 31 heavy (non-hydrogen) atoms. The van der Waals surface area contributed by atoms with E-state index in [4.69, 9.17) is 0 Å². The van der Waals surface area contributed by atoms with Gasteiger partial charge in [-0.2, -0.15) is 13.2 Å². The normalized spacial score (nSPS) is 17.0. The number of nitrogens with one attached hydrogen (secondary N) is 3. The number of halogens is 3. The molecule has 1 heterocycles. The molecule has 0 aromatic heterocycles. The number of aliphatic imine (C=N–C) groups is 1. The molecule has 1 aliphatic heterocycles. The standard InChI is InChI=1S/C23H27F3N4O/c1-22(2,16-7-6-8-17(12-16)23(24,25)26)14-29-21(27-3)28-13-15-11-20(31)30-19-10-5-4-9-18(15)19/h4-10,12,15H,11,13-14H2,1-3H3,(H,30,31)(H2,27,28,29). The van der Waals surface area contributed by atoms with E-state index < -0.39 is 17.2 Å². The highest BCUT2D eigenvalue weighted by Gasteiger charge is 2.32. The van der Waals surface area contributed by atoms with Crippen LogP contribution in [-0.2, 0) is 16.4 Å². The first kappa shape index (κ1) is 22.7. The number of para-hydroxylation sites is 1. The highest BCUT2D eigenvalue weighted by atomic mass is 19.4. The van der Waals surface area contributed by atoms with Gasteiger partial charge in [0.2, 0.25) is 5.91 Å². The molecule has 0 spiro atoms. The Balaban J connectivity index is 1.63. The lowest BCUT2D eigenvalue weighted by Crippen LogP contribution is -2.45. The summed E-state index contributed by atoms with van der Waals surface area (Å²) in [5, 5.41) is 9.31. The van der Waals surface area contributed by atoms with Crippen LogP contribution in [0.5, 0.6) is 0 Å². The number of benzene rings is 2. The molecule has 1 aliphatic rings. The fraction of sp³-hybridized carbons (Fsp3) is 0.391. The zero-order chi connectivity index (χ0) is 22.6. The summed E-state index contributed by atoms with van der Waals surface area (Å²) in [7, 11) is 1.63. The average molecular weight is 432 g/mol. The van der Waals surface area contributed by atoms with Crippen molar-refractivity contribution < 1.29 is 18.0 Å². The Kier molecular flexibility index (Phi) is 6.57. The highest BCUT2D eigenvalue weighted by Crippen LogP contribution is 2.33. The first-order chi connectivity index (χ1) is 14.6. The molecule has 3 rings (SSSR count). The van der Waals surface area contributed by atoms with Gasteiger partial charge in [0.25, 0.3) is 0 Å². The van der Waals surface area contributed by atoms with Crippen molar-refractivity contribution in [3.8, 4) is 0 Å². The molecule has 2 aromatic rings. The molecule has 166 valence electrons. The fourth-order valence-corrected chi connectivity index (χ4v) is 3.65. The first-order valence-corrected chi connectivity index (χ1v) is 10.1. The van der Waals surface area contributed by atoms with Gasteiger partial charge in [-0.05, 0) is 23.3 Å². The molecule has 0 saturated carbocycles. The summed E-state index contributed by atoms with van der Waals surface area (Å²) in [5.74, 6) is 0.502. The number of alkyl halides is 3. The lowest BCUT2D eigenvalue weighted by atomic mass is 9.84. The van der Waals surface area contributed by atoms with E-state index in [1.54, 1.807) is 13.1 Å². The predicted molar refractivity (Wildman–Crippen MR) is 116 cm³/mol. The van der Waals surface area contributed by atoms with E-state index in [1.165, 1.54) is 12.1 Å². The summed E-state index contributed by atoms with van der Waals surface area (Å²) < 4.78 is 39.2. The van der Waals surface area contributed by atoms with Gasteiger partial charge in [-0.25, -0.2) is 0 Å². The number of hydrogen-bond donors (Lipinski definition) is 3. The molecule has 1 atom stereocenters. The second kappa shape index (κ2) is 8.99. The van der Waals surface area contributed by atoms with Gasteiger partial charge in [0, 0.05) is 43.6 Å². The van der Waals surface area contributed by atoms with Crippen molar-refractivity contribution in [3.05, 3.63) is 65.2 Å². The van der Waals surface area contributed by atoms with Gasteiger partial charge in [-0.1, -0.05) is 50.2 Å². The second-order valence-electron chi connectivity index (χ2n) is 8.31. The molecule has 2 aromatic carbocycles. The molecule has 1 unspecified atom stereocenters. The molecular formula is C23H27F3N4O. The number of guanidine groups is 1. The van der Waals surface area contributed by atoms with Gasteiger partial charge in [-0.3, -0.25) is 9.79 Å². The molecule has 1 amide bonds. The molecule has 0 bridgehead atoms. The SMILES string of the molecule is CN=C(NCC1CC(=O)Nc2ccccc21)NCC(C)(C)c1cccc(C(F)(F)F)c1. The number of nitrogens with zero attached hydrogens (tertiary/aromatic N) is 1. The number of amides is 1. The van der Waals surface area contributed by atoms with Crippen LogP contribution in [0.2, 0.25) is 0 Å². The quantitative estimate of drug-likeness (QED) is 0.488. The zero-order valence-corrected chi connectivity index (χ0v) is 17.8. The largest absolute Gasteiger partial charge is 0.416 e. The molecule has 0 radical (unpaired) electrons. The van der Waals surface area contributed by atoms with Crippen molar-refractivity contribution in [1.82, 2.24) is 10.6 Å². The van der Waals surface area contributed by atoms with Crippen LogP contribution < -0.4 is 16.0 Å². The van der Waals surface area contributed by atoms with Gasteiger partial charge in [0.15, 0.2) is 5.96 Å². The molecular weight excluding hydrogens is 405 g/mol. The third-order valence-corrected chi connectivity index (χ3v) is 5.52. The van der Waals surface area contributed by atoms with Crippen molar-refractivity contribution in [3.63, 3.8) is 0 Å². The number of rotatable bonds is 5. The summed E-state index contributed by atoms with van der Waals surface area (Å²) in [6, 6.07) is 13.1. The molecule has 0 saturated heterocycles. The summed E-state index contributed by atoms with van der Waals surface area (Å²) in [4.78, 5) is 16.2. The van der Waals surface area contributed by atoms with Crippen LogP contribution >= 0.6 is 0 Å². The van der Waals surface area contributed by atoms with Crippen molar-refractivity contribution in [2.75, 3.05) is 25.5 Å². The molecule has 3 N–H and O–H groups in total. The van der Waals surface area contributed by atoms with Gasteiger partial charge >= 0.3 is 6.18 Å². The van der Waals surface area contributed by atoms with Crippen molar-refractivity contribution in [1.29, 1.82) is 0 Å². The van der Waals surface area contributed by atoms with Crippen molar-refractivity contribution in [2.45, 2.75) is 37.8 Å². The van der Waals surface area contributed by atoms with Crippen LogP contribution in [0.15, 0.2) is 53.5 Å².